The van der Waals surface area contributed by atoms with E-state index in [2.05, 4.69) is 184 Å². The average Bonchev–Trinajstić information content (AvgIpc) is 3.16. The predicted octanol–water partition coefficient (Wildman–Crippen LogP) is 14.2. The molecule has 0 unspecified atom stereocenters. The Morgan fingerprint density at radius 3 is 1.58 bits per heavy atom. The van der Waals surface area contributed by atoms with E-state index >= 15 is 0 Å². The maximum atomic E-state index is 2.43. The number of hydrogen-bond donors (Lipinski definition) is 0. The molecule has 0 aliphatic heterocycles. The highest BCUT2D eigenvalue weighted by molar-refractivity contribution is 6.25. The Morgan fingerprint density at radius 2 is 0.860 bits per heavy atom. The fourth-order valence-electron chi connectivity index (χ4n) is 8.52. The molecule has 10 aromatic carbocycles. The molecule has 0 N–H and O–H groups in total. The number of hydrogen-bond acceptors (Lipinski definition) is 0. The minimum Gasteiger partial charge on any atom is -0.0616 e. The SMILES string of the molecule is Cc1ccc(-c2c3ccccc3c(-c3cccc4c3ccc3cc5ccccc5cc34)c3ccccc23)cc1-c1ccc2ccccc2c1C. The quantitative estimate of drug-likeness (QED) is 0.134. The van der Waals surface area contributed by atoms with Crippen LogP contribution in [0, 0.1) is 13.8 Å². The molecule has 0 bridgehead atoms. The summed E-state index contributed by atoms with van der Waals surface area (Å²) in [6, 6.07) is 63.2. The molecule has 0 aliphatic carbocycles. The molecule has 0 atom stereocenters. The molecule has 10 rings (SSSR count). The van der Waals surface area contributed by atoms with E-state index in [0.29, 0.717) is 0 Å². The Labute approximate surface area is 291 Å². The van der Waals surface area contributed by atoms with Crippen molar-refractivity contribution in [3.05, 3.63) is 181 Å². The van der Waals surface area contributed by atoms with Gasteiger partial charge in [0.2, 0.25) is 0 Å². The van der Waals surface area contributed by atoms with E-state index in [1.807, 2.05) is 0 Å². The normalized spacial score (nSPS) is 11.8. The average molecular weight is 635 g/mol. The molecular weight excluding hydrogens is 601 g/mol. The van der Waals surface area contributed by atoms with Gasteiger partial charge in [0.05, 0.1) is 0 Å². The van der Waals surface area contributed by atoms with E-state index in [-0.39, 0.29) is 0 Å². The largest absolute Gasteiger partial charge is 0.0616 e. The van der Waals surface area contributed by atoms with Gasteiger partial charge in [-0.15, -0.1) is 0 Å². The molecule has 0 heterocycles. The summed E-state index contributed by atoms with van der Waals surface area (Å²) in [5.41, 5.74) is 10.3. The van der Waals surface area contributed by atoms with Crippen molar-refractivity contribution >= 4 is 64.6 Å². The molecule has 0 heteroatoms. The lowest BCUT2D eigenvalue weighted by Crippen LogP contribution is -1.94. The summed E-state index contributed by atoms with van der Waals surface area (Å²) in [6.07, 6.45) is 0. The Bertz CT molecular complexity index is 2940. The van der Waals surface area contributed by atoms with Crippen molar-refractivity contribution in [1.82, 2.24) is 0 Å². The highest BCUT2D eigenvalue weighted by Gasteiger charge is 2.19. The van der Waals surface area contributed by atoms with Crippen LogP contribution in [0.15, 0.2) is 170 Å². The fraction of sp³-hybridized carbons (Fsp3) is 0.0400. The van der Waals surface area contributed by atoms with Crippen LogP contribution in [-0.4, -0.2) is 0 Å². The lowest BCUT2D eigenvalue weighted by Gasteiger charge is -2.20. The summed E-state index contributed by atoms with van der Waals surface area (Å²) in [5.74, 6) is 0. The summed E-state index contributed by atoms with van der Waals surface area (Å²) in [4.78, 5) is 0. The van der Waals surface area contributed by atoms with Crippen LogP contribution in [0.2, 0.25) is 0 Å². The molecule has 0 spiro atoms. The van der Waals surface area contributed by atoms with E-state index < -0.39 is 0 Å². The number of benzene rings is 10. The van der Waals surface area contributed by atoms with Gasteiger partial charge in [-0.25, -0.2) is 0 Å². The number of aryl methyl sites for hydroxylation is 2. The van der Waals surface area contributed by atoms with Crippen molar-refractivity contribution in [1.29, 1.82) is 0 Å². The van der Waals surface area contributed by atoms with Crippen molar-refractivity contribution in [2.24, 2.45) is 0 Å². The van der Waals surface area contributed by atoms with Gasteiger partial charge in [-0.2, -0.15) is 0 Å². The standard InChI is InChI=1S/C50H34/c1-31-22-23-37(30-47(31)39-26-24-33-12-5-6-15-38(33)32(39)2)49-43-16-7-9-18-45(43)50(46-19-10-8-17-44(46)49)42-21-11-20-40-41(42)27-25-36-28-34-13-3-4-14-35(34)29-48(36)40/h3-30H,1-2H3. The van der Waals surface area contributed by atoms with E-state index in [1.165, 1.54) is 109 Å². The monoisotopic (exact) mass is 634 g/mol. The van der Waals surface area contributed by atoms with Crippen LogP contribution in [0.5, 0.6) is 0 Å². The first kappa shape index (κ1) is 28.7. The molecule has 0 nitrogen and oxygen atoms in total. The van der Waals surface area contributed by atoms with Crippen LogP contribution in [0.4, 0.5) is 0 Å². The molecule has 50 heavy (non-hydrogen) atoms. The van der Waals surface area contributed by atoms with Crippen molar-refractivity contribution < 1.29 is 0 Å². The van der Waals surface area contributed by atoms with Crippen LogP contribution >= 0.6 is 0 Å². The summed E-state index contributed by atoms with van der Waals surface area (Å²) in [5, 5.41) is 15.4. The molecule has 0 amide bonds. The molecule has 0 saturated heterocycles. The first-order valence-corrected chi connectivity index (χ1v) is 17.5. The van der Waals surface area contributed by atoms with Crippen LogP contribution in [-0.2, 0) is 0 Å². The third-order valence-electron chi connectivity index (χ3n) is 11.0. The molecule has 234 valence electrons. The van der Waals surface area contributed by atoms with Crippen molar-refractivity contribution in [3.8, 4) is 33.4 Å². The Hall–Kier alpha value is -6.24. The second-order valence-electron chi connectivity index (χ2n) is 13.7. The van der Waals surface area contributed by atoms with Gasteiger partial charge in [-0.05, 0) is 141 Å². The third-order valence-corrected chi connectivity index (χ3v) is 11.0. The molecular formula is C50H34. The number of fused-ring (bicyclic) bond motifs is 7. The summed E-state index contributed by atoms with van der Waals surface area (Å²) in [7, 11) is 0. The van der Waals surface area contributed by atoms with Crippen molar-refractivity contribution in [3.63, 3.8) is 0 Å². The van der Waals surface area contributed by atoms with E-state index in [4.69, 9.17) is 0 Å². The first-order chi connectivity index (χ1) is 24.6. The minimum absolute atomic E-state index is 1.24. The van der Waals surface area contributed by atoms with E-state index in [9.17, 15) is 0 Å². The van der Waals surface area contributed by atoms with Crippen LogP contribution in [0.1, 0.15) is 11.1 Å². The van der Waals surface area contributed by atoms with Gasteiger partial charge in [0.1, 0.15) is 0 Å². The number of rotatable bonds is 3. The second kappa shape index (κ2) is 11.2. The Morgan fingerprint density at radius 1 is 0.280 bits per heavy atom. The Balaban J connectivity index is 1.25. The molecule has 0 saturated carbocycles. The summed E-state index contributed by atoms with van der Waals surface area (Å²) < 4.78 is 0. The molecule has 0 aromatic heterocycles. The molecule has 0 aliphatic rings. The lowest BCUT2D eigenvalue weighted by molar-refractivity contribution is 1.43. The van der Waals surface area contributed by atoms with Gasteiger partial charge in [-0.3, -0.25) is 0 Å². The highest BCUT2D eigenvalue weighted by atomic mass is 14.2. The van der Waals surface area contributed by atoms with Gasteiger partial charge in [0.25, 0.3) is 0 Å². The fourth-order valence-corrected chi connectivity index (χ4v) is 8.52. The zero-order valence-corrected chi connectivity index (χ0v) is 28.2. The van der Waals surface area contributed by atoms with Gasteiger partial charge >= 0.3 is 0 Å². The van der Waals surface area contributed by atoms with Crippen LogP contribution in [0.3, 0.4) is 0 Å². The molecule has 10 aromatic rings. The topological polar surface area (TPSA) is 0 Å². The van der Waals surface area contributed by atoms with Gasteiger partial charge in [-0.1, -0.05) is 152 Å². The van der Waals surface area contributed by atoms with E-state index in [1.54, 1.807) is 0 Å². The Kier molecular flexibility index (Phi) is 6.41. The first-order valence-electron chi connectivity index (χ1n) is 17.5. The molecule has 0 radical (unpaired) electrons. The van der Waals surface area contributed by atoms with Crippen LogP contribution in [0.25, 0.3) is 98.0 Å². The maximum Gasteiger partial charge on any atom is -0.00201 e. The maximum absolute atomic E-state index is 2.43. The third kappa shape index (κ3) is 4.32. The second-order valence-corrected chi connectivity index (χ2v) is 13.7. The van der Waals surface area contributed by atoms with Gasteiger partial charge < -0.3 is 0 Å². The van der Waals surface area contributed by atoms with E-state index in [0.717, 1.165) is 0 Å². The molecule has 0 fully saturated rings. The van der Waals surface area contributed by atoms with Crippen molar-refractivity contribution in [2.45, 2.75) is 13.8 Å². The van der Waals surface area contributed by atoms with Gasteiger partial charge in [0.15, 0.2) is 0 Å². The smallest absolute Gasteiger partial charge is 0.00201 e. The highest BCUT2D eigenvalue weighted by Crippen LogP contribution is 2.47. The lowest BCUT2D eigenvalue weighted by atomic mass is 9.83. The summed E-state index contributed by atoms with van der Waals surface area (Å²) in [6.45, 7) is 4.50. The zero-order chi connectivity index (χ0) is 33.3. The van der Waals surface area contributed by atoms with Gasteiger partial charge in [0, 0.05) is 0 Å². The van der Waals surface area contributed by atoms with Crippen LogP contribution < -0.4 is 0 Å². The zero-order valence-electron chi connectivity index (χ0n) is 28.2. The summed E-state index contributed by atoms with van der Waals surface area (Å²) >= 11 is 0. The predicted molar refractivity (Wildman–Crippen MR) is 217 cm³/mol. The van der Waals surface area contributed by atoms with Crippen molar-refractivity contribution in [2.75, 3.05) is 0 Å². The minimum atomic E-state index is 1.24.